The Bertz CT molecular complexity index is 416. The quantitative estimate of drug-likeness (QED) is 0.672. The zero-order valence-corrected chi connectivity index (χ0v) is 10.5. The predicted molar refractivity (Wildman–Crippen MR) is 65.2 cm³/mol. The fraction of sp³-hybridized carbons (Fsp3) is 0.545. The van der Waals surface area contributed by atoms with Crippen LogP contribution in [-0.4, -0.2) is 39.5 Å². The van der Waals surface area contributed by atoms with Crippen molar-refractivity contribution in [3.8, 4) is 0 Å². The van der Waals surface area contributed by atoms with Gasteiger partial charge in [-0.1, -0.05) is 6.92 Å². The molecule has 18 heavy (non-hydrogen) atoms. The van der Waals surface area contributed by atoms with Crippen LogP contribution < -0.4 is 10.6 Å². The van der Waals surface area contributed by atoms with Crippen LogP contribution in [0.2, 0.25) is 0 Å². The fourth-order valence-electron chi connectivity index (χ4n) is 1.45. The fourth-order valence-corrected chi connectivity index (χ4v) is 1.45. The summed E-state index contributed by atoms with van der Waals surface area (Å²) in [6.45, 7) is 2.12. The molecule has 0 radical (unpaired) electrons. The highest BCUT2D eigenvalue weighted by molar-refractivity contribution is 5.82. The maximum Gasteiger partial charge on any atom is 0.326 e. The third-order valence-electron chi connectivity index (χ3n) is 2.45. The molecule has 0 aliphatic rings. The Morgan fingerprint density at radius 1 is 1.56 bits per heavy atom. The molecule has 0 saturated carbocycles. The molecule has 1 heterocycles. The molecule has 1 aromatic rings. The minimum Gasteiger partial charge on any atom is -0.480 e. The lowest BCUT2D eigenvalue weighted by Crippen LogP contribution is -2.46. The maximum atomic E-state index is 11.4. The first kappa shape index (κ1) is 14.0. The first-order valence-electron chi connectivity index (χ1n) is 5.78. The van der Waals surface area contributed by atoms with Crippen LogP contribution in [0.3, 0.4) is 0 Å². The second-order valence-electron chi connectivity index (χ2n) is 3.93. The van der Waals surface area contributed by atoms with Crippen LogP contribution in [0.25, 0.3) is 0 Å². The molecule has 7 nitrogen and oxygen atoms in total. The number of carboxylic acid groups (broad SMARTS) is 1. The van der Waals surface area contributed by atoms with Crippen LogP contribution in [0.15, 0.2) is 12.3 Å². The molecule has 1 rings (SSSR count). The number of nitrogens with one attached hydrogen (secondary N) is 2. The van der Waals surface area contributed by atoms with Crippen molar-refractivity contribution in [3.63, 3.8) is 0 Å². The van der Waals surface area contributed by atoms with E-state index < -0.39 is 18.0 Å². The molecule has 100 valence electrons. The number of carbonyl (C=O) groups is 2. The van der Waals surface area contributed by atoms with Gasteiger partial charge in [-0.05, 0) is 12.5 Å². The lowest BCUT2D eigenvalue weighted by molar-refractivity contribution is -0.139. The van der Waals surface area contributed by atoms with Crippen molar-refractivity contribution in [2.75, 3.05) is 6.54 Å². The van der Waals surface area contributed by atoms with Crippen LogP contribution in [0, 0.1) is 0 Å². The second kappa shape index (κ2) is 6.63. The van der Waals surface area contributed by atoms with E-state index in [9.17, 15) is 9.59 Å². The van der Waals surface area contributed by atoms with Gasteiger partial charge in [-0.3, -0.25) is 4.68 Å². The summed E-state index contributed by atoms with van der Waals surface area (Å²) in [5.74, 6) is -1.03. The van der Waals surface area contributed by atoms with Crippen molar-refractivity contribution in [1.82, 2.24) is 20.4 Å². The minimum atomic E-state index is -1.03. The monoisotopic (exact) mass is 254 g/mol. The van der Waals surface area contributed by atoms with Crippen molar-refractivity contribution in [3.05, 3.63) is 18.0 Å². The lowest BCUT2D eigenvalue weighted by Gasteiger charge is -2.12. The highest BCUT2D eigenvalue weighted by Crippen LogP contribution is 1.94. The normalized spacial score (nSPS) is 11.9. The van der Waals surface area contributed by atoms with Crippen molar-refractivity contribution in [2.45, 2.75) is 25.8 Å². The topological polar surface area (TPSA) is 96.3 Å². The van der Waals surface area contributed by atoms with E-state index in [1.165, 1.54) is 0 Å². The van der Waals surface area contributed by atoms with Gasteiger partial charge in [0.1, 0.15) is 6.04 Å². The maximum absolute atomic E-state index is 11.4. The van der Waals surface area contributed by atoms with Gasteiger partial charge in [0.15, 0.2) is 0 Å². The zero-order chi connectivity index (χ0) is 13.5. The number of aliphatic carboxylic acids is 1. The largest absolute Gasteiger partial charge is 0.480 e. The van der Waals surface area contributed by atoms with E-state index in [1.807, 2.05) is 19.3 Å². The van der Waals surface area contributed by atoms with Crippen molar-refractivity contribution >= 4 is 12.0 Å². The van der Waals surface area contributed by atoms with Crippen LogP contribution in [0.5, 0.6) is 0 Å². The summed E-state index contributed by atoms with van der Waals surface area (Å²) in [5.41, 5.74) is 0.878. The average Bonchev–Trinajstić information content (AvgIpc) is 2.71. The van der Waals surface area contributed by atoms with Crippen molar-refractivity contribution in [1.29, 1.82) is 0 Å². The molecule has 0 aromatic carbocycles. The Morgan fingerprint density at radius 2 is 2.28 bits per heavy atom. The predicted octanol–water partition coefficient (Wildman–Crippen LogP) is 0.125. The van der Waals surface area contributed by atoms with E-state index in [-0.39, 0.29) is 0 Å². The van der Waals surface area contributed by atoms with Crippen molar-refractivity contribution in [2.24, 2.45) is 7.05 Å². The second-order valence-corrected chi connectivity index (χ2v) is 3.93. The molecular weight excluding hydrogens is 236 g/mol. The smallest absolute Gasteiger partial charge is 0.326 e. The Kier molecular flexibility index (Phi) is 5.16. The summed E-state index contributed by atoms with van der Waals surface area (Å²) < 4.78 is 1.69. The van der Waals surface area contributed by atoms with E-state index in [2.05, 4.69) is 15.7 Å². The number of aromatic nitrogens is 2. The van der Waals surface area contributed by atoms with Gasteiger partial charge in [0.2, 0.25) is 0 Å². The van der Waals surface area contributed by atoms with Gasteiger partial charge in [0.25, 0.3) is 0 Å². The Labute approximate surface area is 105 Å². The number of carbonyl (C=O) groups excluding carboxylic acids is 1. The number of amides is 2. The number of aryl methyl sites for hydroxylation is 1. The summed E-state index contributed by atoms with van der Waals surface area (Å²) in [4.78, 5) is 22.1. The standard InChI is InChI=1S/C11H18N4O3/c1-3-9(10(16)17)13-11(18)12-6-4-8-5-7-15(2)14-8/h5,7,9H,3-4,6H2,1-2H3,(H,16,17)(H2,12,13,18)/t9-/m1/s1. The third kappa shape index (κ3) is 4.44. The molecule has 0 fully saturated rings. The van der Waals surface area contributed by atoms with E-state index in [0.29, 0.717) is 19.4 Å². The molecule has 0 bridgehead atoms. The van der Waals surface area contributed by atoms with Gasteiger partial charge in [-0.15, -0.1) is 0 Å². The number of hydrogen-bond donors (Lipinski definition) is 3. The van der Waals surface area contributed by atoms with Gasteiger partial charge in [-0.2, -0.15) is 5.10 Å². The highest BCUT2D eigenvalue weighted by Gasteiger charge is 2.16. The van der Waals surface area contributed by atoms with Crippen LogP contribution in [-0.2, 0) is 18.3 Å². The average molecular weight is 254 g/mol. The highest BCUT2D eigenvalue weighted by atomic mass is 16.4. The number of carboxylic acids is 1. The molecule has 0 spiro atoms. The van der Waals surface area contributed by atoms with Gasteiger partial charge < -0.3 is 15.7 Å². The molecule has 0 aliphatic heterocycles. The number of rotatable bonds is 6. The summed E-state index contributed by atoms with van der Waals surface area (Å²) in [7, 11) is 1.82. The first-order chi connectivity index (χ1) is 8.52. The van der Waals surface area contributed by atoms with Gasteiger partial charge in [0, 0.05) is 26.2 Å². The lowest BCUT2D eigenvalue weighted by atomic mass is 10.2. The van der Waals surface area contributed by atoms with Crippen LogP contribution in [0.4, 0.5) is 4.79 Å². The molecule has 1 atom stereocenters. The Balaban J connectivity index is 2.26. The molecular formula is C11H18N4O3. The SMILES string of the molecule is CC[C@@H](NC(=O)NCCc1ccn(C)n1)C(=O)O. The van der Waals surface area contributed by atoms with Crippen LogP contribution >= 0.6 is 0 Å². The van der Waals surface area contributed by atoms with E-state index in [4.69, 9.17) is 5.11 Å². The Hall–Kier alpha value is -2.05. The summed E-state index contributed by atoms with van der Waals surface area (Å²) in [6, 6.07) is 0.547. The summed E-state index contributed by atoms with van der Waals surface area (Å²) in [6.07, 6.45) is 2.79. The Morgan fingerprint density at radius 3 is 2.78 bits per heavy atom. The van der Waals surface area contributed by atoms with E-state index >= 15 is 0 Å². The van der Waals surface area contributed by atoms with E-state index in [0.717, 1.165) is 5.69 Å². The molecule has 0 aliphatic carbocycles. The molecule has 0 saturated heterocycles. The zero-order valence-electron chi connectivity index (χ0n) is 10.5. The van der Waals surface area contributed by atoms with E-state index in [1.54, 1.807) is 11.6 Å². The molecule has 7 heteroatoms. The summed E-state index contributed by atoms with van der Waals surface area (Å²) in [5, 5.41) is 17.9. The molecule has 2 amide bonds. The molecule has 1 aromatic heterocycles. The number of nitrogens with zero attached hydrogens (tertiary/aromatic N) is 2. The van der Waals surface area contributed by atoms with Gasteiger partial charge in [-0.25, -0.2) is 9.59 Å². The summed E-state index contributed by atoms with van der Waals surface area (Å²) >= 11 is 0. The number of urea groups is 1. The van der Waals surface area contributed by atoms with Crippen LogP contribution in [0.1, 0.15) is 19.0 Å². The molecule has 0 unspecified atom stereocenters. The molecule has 3 N–H and O–H groups in total. The van der Waals surface area contributed by atoms with Crippen molar-refractivity contribution < 1.29 is 14.7 Å². The first-order valence-corrected chi connectivity index (χ1v) is 5.78. The van der Waals surface area contributed by atoms with Gasteiger partial charge >= 0.3 is 12.0 Å². The third-order valence-corrected chi connectivity index (χ3v) is 2.45. The number of hydrogen-bond acceptors (Lipinski definition) is 3. The minimum absolute atomic E-state index is 0.350. The van der Waals surface area contributed by atoms with Gasteiger partial charge in [0.05, 0.1) is 5.69 Å².